The van der Waals surface area contributed by atoms with Crippen LogP contribution in [0.15, 0.2) is 59.7 Å². The van der Waals surface area contributed by atoms with Gasteiger partial charge >= 0.3 is 6.01 Å². The lowest BCUT2D eigenvalue weighted by molar-refractivity contribution is 0.503. The van der Waals surface area contributed by atoms with E-state index in [0.29, 0.717) is 18.5 Å². The molecule has 0 fully saturated rings. The number of anilines is 1. The molecule has 0 aliphatic carbocycles. The summed E-state index contributed by atoms with van der Waals surface area (Å²) in [7, 11) is 0. The van der Waals surface area contributed by atoms with Gasteiger partial charge in [0.05, 0.1) is 28.8 Å². The van der Waals surface area contributed by atoms with Gasteiger partial charge in [-0.15, -0.1) is 5.10 Å². The highest BCUT2D eigenvalue weighted by molar-refractivity contribution is 5.57. The summed E-state index contributed by atoms with van der Waals surface area (Å²) in [5, 5.41) is 13.4. The van der Waals surface area contributed by atoms with Crippen LogP contribution in [0.2, 0.25) is 0 Å². The Labute approximate surface area is 171 Å². The van der Waals surface area contributed by atoms with Crippen LogP contribution >= 0.6 is 0 Å². The van der Waals surface area contributed by atoms with E-state index in [0.717, 1.165) is 40.1 Å². The molecule has 148 valence electrons. The van der Waals surface area contributed by atoms with Crippen LogP contribution in [0.4, 0.5) is 6.01 Å². The van der Waals surface area contributed by atoms with E-state index in [4.69, 9.17) is 9.52 Å². The minimum Gasteiger partial charge on any atom is -0.403 e. The predicted molar refractivity (Wildman–Crippen MR) is 109 cm³/mol. The second-order valence-electron chi connectivity index (χ2n) is 7.33. The molecular formula is C21H18N8O. The quantitative estimate of drug-likeness (QED) is 0.498. The average Bonchev–Trinajstić information content (AvgIpc) is 3.52. The molecule has 0 saturated heterocycles. The van der Waals surface area contributed by atoms with E-state index in [2.05, 4.69) is 49.1 Å². The maximum absolute atomic E-state index is 6.04. The number of fused-ring (bicyclic) bond motifs is 2. The van der Waals surface area contributed by atoms with E-state index >= 15 is 0 Å². The molecule has 0 bridgehead atoms. The topological polar surface area (TPSA) is 101 Å². The molecular weight excluding hydrogens is 380 g/mol. The number of nitrogens with one attached hydrogen (secondary N) is 1. The molecule has 6 heterocycles. The Hall–Kier alpha value is -4.01. The van der Waals surface area contributed by atoms with Gasteiger partial charge in [-0.25, -0.2) is 9.50 Å². The van der Waals surface area contributed by atoms with Crippen LogP contribution in [0, 0.1) is 6.92 Å². The van der Waals surface area contributed by atoms with Gasteiger partial charge in [-0.2, -0.15) is 5.10 Å². The molecule has 1 aliphatic rings. The Morgan fingerprint density at radius 3 is 3.03 bits per heavy atom. The lowest BCUT2D eigenvalue weighted by atomic mass is 10.00. The summed E-state index contributed by atoms with van der Waals surface area (Å²) in [6.07, 6.45) is 7.92. The summed E-state index contributed by atoms with van der Waals surface area (Å²) >= 11 is 0. The Kier molecular flexibility index (Phi) is 3.67. The van der Waals surface area contributed by atoms with E-state index in [1.54, 1.807) is 18.7 Å². The molecule has 9 nitrogen and oxygen atoms in total. The summed E-state index contributed by atoms with van der Waals surface area (Å²) in [6, 6.07) is 10.2. The average molecular weight is 398 g/mol. The molecule has 1 N–H and O–H groups in total. The number of pyridine rings is 2. The minimum atomic E-state index is -0.221. The lowest BCUT2D eigenvalue weighted by Gasteiger charge is -2.32. The molecule has 6 rings (SSSR count). The number of hydrogen-bond acceptors (Lipinski definition) is 7. The predicted octanol–water partition coefficient (Wildman–Crippen LogP) is 2.96. The molecule has 5 aromatic rings. The molecule has 0 saturated carbocycles. The summed E-state index contributed by atoms with van der Waals surface area (Å²) in [4.78, 5) is 14.1. The van der Waals surface area contributed by atoms with Gasteiger partial charge in [0, 0.05) is 37.3 Å². The zero-order valence-electron chi connectivity index (χ0n) is 16.2. The van der Waals surface area contributed by atoms with Crippen LogP contribution in [0.1, 0.15) is 28.7 Å². The fourth-order valence-electron chi connectivity index (χ4n) is 4.03. The molecule has 1 atom stereocenters. The molecule has 0 radical (unpaired) electrons. The number of aromatic amines is 1. The van der Waals surface area contributed by atoms with Gasteiger partial charge in [-0.05, 0) is 36.8 Å². The SMILES string of the molecule is Cc1cccn2nc(C3c4nc[nH]c4CCN3c3nnc(-c4cccnc4)o3)cc12. The van der Waals surface area contributed by atoms with Crippen molar-refractivity contribution >= 4 is 11.5 Å². The van der Waals surface area contributed by atoms with Crippen molar-refractivity contribution in [3.05, 3.63) is 77.9 Å². The molecule has 0 amide bonds. The van der Waals surface area contributed by atoms with Gasteiger partial charge in [0.1, 0.15) is 6.04 Å². The Balaban J connectivity index is 1.46. The molecule has 30 heavy (non-hydrogen) atoms. The third-order valence-corrected chi connectivity index (χ3v) is 5.51. The van der Waals surface area contributed by atoms with Crippen molar-refractivity contribution in [2.24, 2.45) is 0 Å². The third-order valence-electron chi connectivity index (χ3n) is 5.51. The first-order valence-electron chi connectivity index (χ1n) is 9.75. The second kappa shape index (κ2) is 6.51. The van der Waals surface area contributed by atoms with Crippen LogP contribution in [-0.2, 0) is 6.42 Å². The highest BCUT2D eigenvalue weighted by atomic mass is 16.4. The monoisotopic (exact) mass is 398 g/mol. The molecule has 5 aromatic heterocycles. The summed E-state index contributed by atoms with van der Waals surface area (Å²) < 4.78 is 7.94. The van der Waals surface area contributed by atoms with Gasteiger partial charge in [-0.3, -0.25) is 4.98 Å². The van der Waals surface area contributed by atoms with Crippen LogP contribution in [0.5, 0.6) is 0 Å². The Morgan fingerprint density at radius 2 is 2.17 bits per heavy atom. The van der Waals surface area contributed by atoms with Crippen LogP contribution in [0.3, 0.4) is 0 Å². The van der Waals surface area contributed by atoms with Crippen LogP contribution in [-0.4, -0.2) is 41.3 Å². The number of H-pyrrole nitrogens is 1. The number of imidazole rings is 1. The molecule has 0 spiro atoms. The third kappa shape index (κ3) is 2.59. The van der Waals surface area contributed by atoms with Crippen molar-refractivity contribution in [1.82, 2.24) is 34.8 Å². The van der Waals surface area contributed by atoms with E-state index in [-0.39, 0.29) is 6.04 Å². The maximum atomic E-state index is 6.04. The van der Waals surface area contributed by atoms with E-state index in [1.807, 2.05) is 28.9 Å². The van der Waals surface area contributed by atoms with E-state index in [9.17, 15) is 0 Å². The molecule has 1 unspecified atom stereocenters. The zero-order valence-corrected chi connectivity index (χ0v) is 16.2. The highest BCUT2D eigenvalue weighted by Crippen LogP contribution is 2.37. The van der Waals surface area contributed by atoms with Crippen molar-refractivity contribution in [1.29, 1.82) is 0 Å². The maximum Gasteiger partial charge on any atom is 0.319 e. The summed E-state index contributed by atoms with van der Waals surface area (Å²) in [5.41, 5.74) is 5.95. The fraction of sp³-hybridized carbons (Fsp3) is 0.190. The number of aryl methyl sites for hydroxylation is 1. The van der Waals surface area contributed by atoms with E-state index in [1.165, 1.54) is 0 Å². The van der Waals surface area contributed by atoms with Crippen molar-refractivity contribution in [2.75, 3.05) is 11.4 Å². The first-order chi connectivity index (χ1) is 14.8. The highest BCUT2D eigenvalue weighted by Gasteiger charge is 2.36. The van der Waals surface area contributed by atoms with Crippen LogP contribution in [0.25, 0.3) is 17.0 Å². The molecule has 9 heteroatoms. The van der Waals surface area contributed by atoms with Crippen LogP contribution < -0.4 is 4.90 Å². The Bertz CT molecular complexity index is 1340. The lowest BCUT2D eigenvalue weighted by Crippen LogP contribution is -2.36. The largest absolute Gasteiger partial charge is 0.403 e. The molecule has 0 aromatic carbocycles. The van der Waals surface area contributed by atoms with Gasteiger partial charge in [0.15, 0.2) is 0 Å². The fourth-order valence-corrected chi connectivity index (χ4v) is 4.03. The first kappa shape index (κ1) is 16.9. The molecule has 1 aliphatic heterocycles. The van der Waals surface area contributed by atoms with E-state index < -0.39 is 0 Å². The summed E-state index contributed by atoms with van der Waals surface area (Å²) in [5.74, 6) is 0.440. The van der Waals surface area contributed by atoms with Crippen molar-refractivity contribution in [2.45, 2.75) is 19.4 Å². The van der Waals surface area contributed by atoms with Gasteiger partial charge in [0.25, 0.3) is 5.89 Å². The van der Waals surface area contributed by atoms with Crippen molar-refractivity contribution in [3.63, 3.8) is 0 Å². The van der Waals surface area contributed by atoms with Crippen molar-refractivity contribution < 1.29 is 4.42 Å². The zero-order chi connectivity index (χ0) is 20.1. The summed E-state index contributed by atoms with van der Waals surface area (Å²) in [6.45, 7) is 2.79. The number of rotatable bonds is 3. The van der Waals surface area contributed by atoms with Gasteiger partial charge in [0.2, 0.25) is 0 Å². The number of aromatic nitrogens is 7. The smallest absolute Gasteiger partial charge is 0.319 e. The normalized spacial score (nSPS) is 16.2. The standard InChI is InChI=1S/C21H18N8O/c1-13-4-3-8-29-17(13)10-16(27-29)19-18-15(23-12-24-18)6-9-28(19)21-26-25-20(30-21)14-5-2-7-22-11-14/h2-5,7-8,10-12,19H,6,9H2,1H3,(H,23,24). The van der Waals surface area contributed by atoms with Gasteiger partial charge < -0.3 is 14.3 Å². The first-order valence-corrected chi connectivity index (χ1v) is 9.75. The second-order valence-corrected chi connectivity index (χ2v) is 7.33. The number of hydrogen-bond donors (Lipinski definition) is 1. The minimum absolute atomic E-state index is 0.221. The Morgan fingerprint density at radius 1 is 1.20 bits per heavy atom. The van der Waals surface area contributed by atoms with Gasteiger partial charge in [-0.1, -0.05) is 11.2 Å². The van der Waals surface area contributed by atoms with Crippen molar-refractivity contribution in [3.8, 4) is 11.5 Å². The number of nitrogens with zero attached hydrogens (tertiary/aromatic N) is 7.